The molecule has 2 amide bonds. The van der Waals surface area contributed by atoms with Crippen molar-refractivity contribution in [2.24, 2.45) is 0 Å². The first-order valence-electron chi connectivity index (χ1n) is 8.69. The predicted octanol–water partition coefficient (Wildman–Crippen LogP) is 4.60. The van der Waals surface area contributed by atoms with E-state index in [0.717, 1.165) is 34.9 Å². The van der Waals surface area contributed by atoms with Gasteiger partial charge in [-0.1, -0.05) is 13.0 Å². The number of amides is 2. The van der Waals surface area contributed by atoms with E-state index in [9.17, 15) is 4.79 Å². The lowest BCUT2D eigenvalue weighted by atomic mass is 10.1. The predicted molar refractivity (Wildman–Crippen MR) is 99.9 cm³/mol. The minimum absolute atomic E-state index is 0.00119. The second-order valence-electron chi connectivity index (χ2n) is 6.12. The zero-order valence-corrected chi connectivity index (χ0v) is 14.9. The zero-order chi connectivity index (χ0) is 17.8. The van der Waals surface area contributed by atoms with Crippen LogP contribution in [0, 0.1) is 6.92 Å². The summed E-state index contributed by atoms with van der Waals surface area (Å²) in [6.07, 6.45) is 0.849. The van der Waals surface area contributed by atoms with E-state index in [-0.39, 0.29) is 12.1 Å². The third kappa shape index (κ3) is 3.87. The van der Waals surface area contributed by atoms with E-state index in [1.807, 2.05) is 56.3 Å². The molecule has 0 saturated heterocycles. The second-order valence-corrected chi connectivity index (χ2v) is 6.12. The van der Waals surface area contributed by atoms with Gasteiger partial charge in [-0.3, -0.25) is 4.90 Å². The number of nitrogens with one attached hydrogen (secondary N) is 1. The smallest absolute Gasteiger partial charge is 0.326 e. The highest BCUT2D eigenvalue weighted by Crippen LogP contribution is 2.35. The van der Waals surface area contributed by atoms with Gasteiger partial charge in [0.15, 0.2) is 0 Å². The van der Waals surface area contributed by atoms with Gasteiger partial charge in [-0.25, -0.2) is 4.79 Å². The first-order valence-corrected chi connectivity index (χ1v) is 8.69. The van der Waals surface area contributed by atoms with Crippen molar-refractivity contribution in [1.29, 1.82) is 0 Å². The molecule has 2 aromatic carbocycles. The standard InChI is InChI=1S/C20H24N2O3/c1-4-16-13-22(18-12-14(3)6-11-19(18)25-16)20(23)21-15-7-9-17(10-8-15)24-5-2/h6-12,16H,4-5,13H2,1-3H3,(H,21,23). The Balaban J connectivity index is 1.80. The van der Waals surface area contributed by atoms with E-state index < -0.39 is 0 Å². The van der Waals surface area contributed by atoms with Gasteiger partial charge < -0.3 is 14.8 Å². The number of urea groups is 1. The van der Waals surface area contributed by atoms with Crippen molar-refractivity contribution in [2.45, 2.75) is 33.3 Å². The molecule has 1 aliphatic heterocycles. The molecule has 132 valence electrons. The summed E-state index contributed by atoms with van der Waals surface area (Å²) in [4.78, 5) is 14.6. The van der Waals surface area contributed by atoms with Gasteiger partial charge in [-0.05, 0) is 62.2 Å². The number of carbonyl (C=O) groups is 1. The Labute approximate surface area is 148 Å². The van der Waals surface area contributed by atoms with Crippen LogP contribution in [-0.2, 0) is 0 Å². The number of rotatable bonds is 4. The summed E-state index contributed by atoms with van der Waals surface area (Å²) >= 11 is 0. The number of hydrogen-bond acceptors (Lipinski definition) is 3. The van der Waals surface area contributed by atoms with Crippen molar-refractivity contribution < 1.29 is 14.3 Å². The molecule has 1 aliphatic rings. The average Bonchev–Trinajstić information content (AvgIpc) is 2.62. The minimum Gasteiger partial charge on any atom is -0.494 e. The fourth-order valence-electron chi connectivity index (χ4n) is 2.85. The van der Waals surface area contributed by atoms with E-state index in [4.69, 9.17) is 9.47 Å². The van der Waals surface area contributed by atoms with Crippen LogP contribution in [0.1, 0.15) is 25.8 Å². The Bertz CT molecular complexity index is 743. The van der Waals surface area contributed by atoms with Crippen molar-refractivity contribution in [1.82, 2.24) is 0 Å². The molecule has 0 spiro atoms. The lowest BCUT2D eigenvalue weighted by molar-refractivity contribution is 0.188. The number of nitrogens with zero attached hydrogens (tertiary/aromatic N) is 1. The van der Waals surface area contributed by atoms with E-state index in [1.165, 1.54) is 0 Å². The lowest BCUT2D eigenvalue weighted by Crippen LogP contribution is -2.45. The highest BCUT2D eigenvalue weighted by Gasteiger charge is 2.29. The molecule has 5 heteroatoms. The van der Waals surface area contributed by atoms with Crippen LogP contribution in [0.3, 0.4) is 0 Å². The molecule has 0 bridgehead atoms. The van der Waals surface area contributed by atoms with Crippen LogP contribution in [0.4, 0.5) is 16.2 Å². The van der Waals surface area contributed by atoms with Crippen LogP contribution in [0.25, 0.3) is 0 Å². The van der Waals surface area contributed by atoms with Crippen LogP contribution in [0.15, 0.2) is 42.5 Å². The van der Waals surface area contributed by atoms with Crippen LogP contribution in [0.2, 0.25) is 0 Å². The number of ether oxygens (including phenoxy) is 2. The largest absolute Gasteiger partial charge is 0.494 e. The Morgan fingerprint density at radius 2 is 2.00 bits per heavy atom. The van der Waals surface area contributed by atoms with Gasteiger partial charge in [-0.15, -0.1) is 0 Å². The van der Waals surface area contributed by atoms with Gasteiger partial charge in [-0.2, -0.15) is 0 Å². The minimum atomic E-state index is -0.155. The Morgan fingerprint density at radius 3 is 2.68 bits per heavy atom. The molecular formula is C20H24N2O3. The van der Waals surface area contributed by atoms with E-state index in [1.54, 1.807) is 4.90 Å². The molecule has 3 rings (SSSR count). The van der Waals surface area contributed by atoms with Crippen molar-refractivity contribution in [3.8, 4) is 11.5 Å². The Kier molecular flexibility index (Phi) is 5.12. The maximum Gasteiger partial charge on any atom is 0.326 e. The molecule has 0 aromatic heterocycles. The molecule has 5 nitrogen and oxygen atoms in total. The number of anilines is 2. The number of carbonyl (C=O) groups excluding carboxylic acids is 1. The number of benzene rings is 2. The topological polar surface area (TPSA) is 50.8 Å². The first kappa shape index (κ1) is 17.1. The maximum absolute atomic E-state index is 12.8. The summed E-state index contributed by atoms with van der Waals surface area (Å²) in [5.74, 6) is 1.55. The summed E-state index contributed by atoms with van der Waals surface area (Å²) in [5.41, 5.74) is 2.64. The summed E-state index contributed by atoms with van der Waals surface area (Å²) in [5, 5.41) is 2.96. The molecule has 0 fully saturated rings. The summed E-state index contributed by atoms with van der Waals surface area (Å²) in [6.45, 7) is 7.17. The van der Waals surface area contributed by atoms with Gasteiger partial charge in [0.05, 0.1) is 18.8 Å². The molecule has 0 radical (unpaired) electrons. The number of hydrogen-bond donors (Lipinski definition) is 1. The second kappa shape index (κ2) is 7.47. The molecular weight excluding hydrogens is 316 g/mol. The van der Waals surface area contributed by atoms with Crippen LogP contribution in [0.5, 0.6) is 11.5 Å². The van der Waals surface area contributed by atoms with Crippen LogP contribution < -0.4 is 19.7 Å². The molecule has 0 aliphatic carbocycles. The molecule has 2 aromatic rings. The third-order valence-electron chi connectivity index (χ3n) is 4.20. The highest BCUT2D eigenvalue weighted by molar-refractivity contribution is 6.03. The van der Waals surface area contributed by atoms with Gasteiger partial charge in [0.2, 0.25) is 0 Å². The quantitative estimate of drug-likeness (QED) is 0.885. The molecule has 1 atom stereocenters. The number of fused-ring (bicyclic) bond motifs is 1. The van der Waals surface area contributed by atoms with Crippen molar-refractivity contribution in [3.05, 3.63) is 48.0 Å². The van der Waals surface area contributed by atoms with Gasteiger partial charge in [0.25, 0.3) is 0 Å². The molecule has 25 heavy (non-hydrogen) atoms. The van der Waals surface area contributed by atoms with E-state index in [0.29, 0.717) is 13.2 Å². The summed E-state index contributed by atoms with van der Waals surface area (Å²) in [7, 11) is 0. The molecule has 1 heterocycles. The first-order chi connectivity index (χ1) is 12.1. The van der Waals surface area contributed by atoms with Gasteiger partial charge in [0, 0.05) is 5.69 Å². The fourth-order valence-corrected chi connectivity index (χ4v) is 2.85. The SMILES string of the molecule is CCOc1ccc(NC(=O)N2CC(CC)Oc3ccc(C)cc32)cc1. The van der Waals surface area contributed by atoms with E-state index in [2.05, 4.69) is 12.2 Å². The maximum atomic E-state index is 12.8. The average molecular weight is 340 g/mol. The lowest BCUT2D eigenvalue weighted by Gasteiger charge is -2.34. The normalized spacial score (nSPS) is 16.0. The van der Waals surface area contributed by atoms with Crippen LogP contribution >= 0.6 is 0 Å². The monoisotopic (exact) mass is 340 g/mol. The Morgan fingerprint density at radius 1 is 1.24 bits per heavy atom. The molecule has 0 saturated carbocycles. The zero-order valence-electron chi connectivity index (χ0n) is 14.9. The highest BCUT2D eigenvalue weighted by atomic mass is 16.5. The third-order valence-corrected chi connectivity index (χ3v) is 4.20. The summed E-state index contributed by atoms with van der Waals surface area (Å²) < 4.78 is 11.4. The van der Waals surface area contributed by atoms with Crippen molar-refractivity contribution in [3.63, 3.8) is 0 Å². The molecule has 1 unspecified atom stereocenters. The molecule has 1 N–H and O–H groups in total. The Hall–Kier alpha value is -2.69. The van der Waals surface area contributed by atoms with Gasteiger partial charge >= 0.3 is 6.03 Å². The van der Waals surface area contributed by atoms with Crippen molar-refractivity contribution in [2.75, 3.05) is 23.4 Å². The van der Waals surface area contributed by atoms with E-state index >= 15 is 0 Å². The van der Waals surface area contributed by atoms with Crippen LogP contribution in [-0.4, -0.2) is 25.3 Å². The van der Waals surface area contributed by atoms with Gasteiger partial charge in [0.1, 0.15) is 17.6 Å². The summed E-state index contributed by atoms with van der Waals surface area (Å²) in [6, 6.07) is 13.2. The van der Waals surface area contributed by atoms with Crippen molar-refractivity contribution >= 4 is 17.4 Å². The fraction of sp³-hybridized carbons (Fsp3) is 0.350. The number of aryl methyl sites for hydroxylation is 1.